The predicted molar refractivity (Wildman–Crippen MR) is 56.4 cm³/mol. The van der Waals surface area contributed by atoms with E-state index in [4.69, 9.17) is 21.4 Å². The van der Waals surface area contributed by atoms with Gasteiger partial charge < -0.3 is 15.9 Å². The van der Waals surface area contributed by atoms with E-state index in [9.17, 15) is 0 Å². The second-order valence-electron chi connectivity index (χ2n) is 3.27. The Kier molecular flexibility index (Phi) is 8.51. The van der Waals surface area contributed by atoms with Crippen molar-refractivity contribution < 1.29 is 10.2 Å². The molecule has 0 unspecified atom stereocenters. The van der Waals surface area contributed by atoms with Crippen molar-refractivity contribution in [2.24, 2.45) is 5.73 Å². The predicted octanol–water partition coefficient (Wildman–Crippen LogP) is -0.621. The van der Waals surface area contributed by atoms with Gasteiger partial charge in [-0.25, -0.2) is 0 Å². The van der Waals surface area contributed by atoms with Gasteiger partial charge in [-0.1, -0.05) is 0 Å². The summed E-state index contributed by atoms with van der Waals surface area (Å²) in [7, 11) is 0. The first-order chi connectivity index (χ1) is 6.70. The number of amidine groups is 1. The van der Waals surface area contributed by atoms with E-state index < -0.39 is 0 Å². The van der Waals surface area contributed by atoms with Crippen LogP contribution in [-0.2, 0) is 0 Å². The first-order valence-corrected chi connectivity index (χ1v) is 4.97. The third-order valence-electron chi connectivity index (χ3n) is 2.00. The van der Waals surface area contributed by atoms with E-state index in [0.29, 0.717) is 19.5 Å². The Hall–Kier alpha value is -0.650. The van der Waals surface area contributed by atoms with Crippen molar-refractivity contribution in [3.63, 3.8) is 0 Å². The molecule has 0 aromatic rings. The molecule has 14 heavy (non-hydrogen) atoms. The summed E-state index contributed by atoms with van der Waals surface area (Å²) >= 11 is 0. The van der Waals surface area contributed by atoms with Gasteiger partial charge in [0.25, 0.3) is 0 Å². The van der Waals surface area contributed by atoms with Crippen LogP contribution in [0.1, 0.15) is 19.3 Å². The second-order valence-corrected chi connectivity index (χ2v) is 3.27. The molecular formula is C9H21N3O2. The maximum Gasteiger partial charge on any atom is 0.0905 e. The van der Waals surface area contributed by atoms with Crippen LogP contribution < -0.4 is 5.73 Å². The molecule has 0 aliphatic rings. The van der Waals surface area contributed by atoms with Crippen molar-refractivity contribution in [3.8, 4) is 0 Å². The van der Waals surface area contributed by atoms with Gasteiger partial charge in [0, 0.05) is 19.5 Å². The van der Waals surface area contributed by atoms with Crippen LogP contribution in [0.5, 0.6) is 0 Å². The normalized spacial score (nSPS) is 10.8. The number of hydrogen-bond acceptors (Lipinski definition) is 4. The van der Waals surface area contributed by atoms with Crippen LogP contribution >= 0.6 is 0 Å². The van der Waals surface area contributed by atoms with Gasteiger partial charge in [0.05, 0.1) is 19.0 Å². The van der Waals surface area contributed by atoms with E-state index in [2.05, 4.69) is 0 Å². The van der Waals surface area contributed by atoms with Crippen molar-refractivity contribution in [1.82, 2.24) is 4.90 Å². The van der Waals surface area contributed by atoms with Crippen molar-refractivity contribution in [3.05, 3.63) is 0 Å². The molecule has 0 fully saturated rings. The van der Waals surface area contributed by atoms with Gasteiger partial charge in [-0.15, -0.1) is 0 Å². The zero-order chi connectivity index (χ0) is 10.8. The number of nitrogens with zero attached hydrogens (tertiary/aromatic N) is 1. The van der Waals surface area contributed by atoms with Crippen LogP contribution in [0.4, 0.5) is 0 Å². The van der Waals surface area contributed by atoms with Crippen LogP contribution in [0.2, 0.25) is 0 Å². The number of aliphatic hydroxyl groups excluding tert-OH is 2. The van der Waals surface area contributed by atoms with Gasteiger partial charge in [0.2, 0.25) is 0 Å². The van der Waals surface area contributed by atoms with Gasteiger partial charge >= 0.3 is 0 Å². The molecule has 0 amide bonds. The Morgan fingerprint density at radius 2 is 1.64 bits per heavy atom. The number of rotatable bonds is 9. The topological polar surface area (TPSA) is 93.6 Å². The molecule has 0 atom stereocenters. The number of hydrogen-bond donors (Lipinski definition) is 4. The molecular weight excluding hydrogens is 182 g/mol. The van der Waals surface area contributed by atoms with Crippen molar-refractivity contribution in [1.29, 1.82) is 5.41 Å². The van der Waals surface area contributed by atoms with Crippen molar-refractivity contribution in [2.75, 3.05) is 32.8 Å². The lowest BCUT2D eigenvalue weighted by Gasteiger charge is -2.19. The minimum Gasteiger partial charge on any atom is -0.395 e. The van der Waals surface area contributed by atoms with E-state index in [-0.39, 0.29) is 19.0 Å². The molecule has 0 aliphatic carbocycles. The standard InChI is InChI=1S/C9H21N3O2/c10-9(11)3-1-2-4-12(5-7-13)6-8-14/h13-14H,1-8H2,(H3,10,11). The third kappa shape index (κ3) is 7.97. The van der Waals surface area contributed by atoms with Crippen LogP contribution in [0, 0.1) is 5.41 Å². The summed E-state index contributed by atoms with van der Waals surface area (Å²) in [5.74, 6) is 0.223. The molecule has 0 heterocycles. The van der Waals surface area contributed by atoms with Gasteiger partial charge in [0.1, 0.15) is 0 Å². The number of unbranched alkanes of at least 4 members (excludes halogenated alkanes) is 1. The number of aliphatic hydroxyl groups is 2. The van der Waals surface area contributed by atoms with Crippen LogP contribution in [0.15, 0.2) is 0 Å². The molecule has 0 rings (SSSR count). The Balaban J connectivity index is 3.44. The van der Waals surface area contributed by atoms with Crippen LogP contribution in [0.3, 0.4) is 0 Å². The summed E-state index contributed by atoms with van der Waals surface area (Å²) < 4.78 is 0. The highest BCUT2D eigenvalue weighted by Gasteiger charge is 2.02. The Morgan fingerprint density at radius 3 is 2.07 bits per heavy atom. The van der Waals surface area contributed by atoms with E-state index in [1.807, 2.05) is 4.90 Å². The maximum atomic E-state index is 8.73. The van der Waals surface area contributed by atoms with E-state index >= 15 is 0 Å². The summed E-state index contributed by atoms with van der Waals surface area (Å²) in [6, 6.07) is 0. The monoisotopic (exact) mass is 203 g/mol. The Labute approximate surface area is 85.0 Å². The van der Waals surface area contributed by atoms with E-state index in [1.54, 1.807) is 0 Å². The van der Waals surface area contributed by atoms with Crippen molar-refractivity contribution >= 4 is 5.84 Å². The Bertz CT molecular complexity index is 147. The molecule has 0 saturated carbocycles. The summed E-state index contributed by atoms with van der Waals surface area (Å²) in [4.78, 5) is 2.00. The molecule has 0 aromatic heterocycles. The first-order valence-electron chi connectivity index (χ1n) is 4.97. The summed E-state index contributed by atoms with van der Waals surface area (Å²) in [5, 5.41) is 24.5. The maximum absolute atomic E-state index is 8.73. The molecule has 0 spiro atoms. The van der Waals surface area contributed by atoms with E-state index in [1.165, 1.54) is 0 Å². The highest BCUT2D eigenvalue weighted by Crippen LogP contribution is 1.98. The average molecular weight is 203 g/mol. The fourth-order valence-electron chi connectivity index (χ4n) is 1.27. The highest BCUT2D eigenvalue weighted by atomic mass is 16.3. The molecule has 0 radical (unpaired) electrons. The lowest BCUT2D eigenvalue weighted by molar-refractivity contribution is 0.159. The van der Waals surface area contributed by atoms with Crippen LogP contribution in [-0.4, -0.2) is 53.8 Å². The first kappa shape index (κ1) is 13.4. The van der Waals surface area contributed by atoms with Gasteiger partial charge in [0.15, 0.2) is 0 Å². The van der Waals surface area contributed by atoms with Gasteiger partial charge in [-0.3, -0.25) is 10.3 Å². The molecule has 0 aliphatic heterocycles. The SMILES string of the molecule is N=C(N)CCCCN(CCO)CCO. The quantitative estimate of drug-likeness (QED) is 0.228. The smallest absolute Gasteiger partial charge is 0.0905 e. The summed E-state index contributed by atoms with van der Waals surface area (Å²) in [6.07, 6.45) is 2.47. The van der Waals surface area contributed by atoms with Crippen molar-refractivity contribution in [2.45, 2.75) is 19.3 Å². The minimum absolute atomic E-state index is 0.118. The zero-order valence-corrected chi connectivity index (χ0v) is 8.58. The highest BCUT2D eigenvalue weighted by molar-refractivity contribution is 5.76. The zero-order valence-electron chi connectivity index (χ0n) is 8.58. The summed E-state index contributed by atoms with van der Waals surface area (Å²) in [6.45, 7) is 2.27. The lowest BCUT2D eigenvalue weighted by Crippen LogP contribution is -2.30. The average Bonchev–Trinajstić information content (AvgIpc) is 2.12. The van der Waals surface area contributed by atoms with Gasteiger partial charge in [-0.2, -0.15) is 0 Å². The largest absolute Gasteiger partial charge is 0.395 e. The van der Waals surface area contributed by atoms with Crippen LogP contribution in [0.25, 0.3) is 0 Å². The molecule has 5 nitrogen and oxygen atoms in total. The molecule has 0 saturated heterocycles. The number of nitrogens with one attached hydrogen (secondary N) is 1. The fraction of sp³-hybridized carbons (Fsp3) is 0.889. The second kappa shape index (κ2) is 8.93. The van der Waals surface area contributed by atoms with E-state index in [0.717, 1.165) is 19.4 Å². The molecule has 84 valence electrons. The molecule has 0 aromatic carbocycles. The fourth-order valence-corrected chi connectivity index (χ4v) is 1.27. The minimum atomic E-state index is 0.118. The Morgan fingerprint density at radius 1 is 1.07 bits per heavy atom. The number of nitrogens with two attached hydrogens (primary N) is 1. The molecule has 5 N–H and O–H groups in total. The molecule has 0 bridgehead atoms. The molecule has 5 heteroatoms. The van der Waals surface area contributed by atoms with Gasteiger partial charge in [-0.05, 0) is 19.4 Å². The summed E-state index contributed by atoms with van der Waals surface area (Å²) in [5.41, 5.74) is 5.22. The third-order valence-corrected chi connectivity index (χ3v) is 2.00. The lowest BCUT2D eigenvalue weighted by atomic mass is 10.2.